The highest BCUT2D eigenvalue weighted by molar-refractivity contribution is 9.10. The third kappa shape index (κ3) is 5.62. The molecule has 1 atom stereocenters. The molecular formula is C13H19BrN2O2. The number of rotatable bonds is 7. The Labute approximate surface area is 116 Å². The van der Waals surface area contributed by atoms with E-state index in [0.717, 1.165) is 16.6 Å². The monoisotopic (exact) mass is 314 g/mol. The Kier molecular flexibility index (Phi) is 6.93. The van der Waals surface area contributed by atoms with Gasteiger partial charge in [0.15, 0.2) is 0 Å². The molecule has 2 N–H and O–H groups in total. The van der Waals surface area contributed by atoms with Crippen molar-refractivity contribution in [1.29, 1.82) is 0 Å². The van der Waals surface area contributed by atoms with Crippen LogP contribution in [0.1, 0.15) is 13.3 Å². The lowest BCUT2D eigenvalue weighted by molar-refractivity contribution is -0.115. The van der Waals surface area contributed by atoms with E-state index in [1.165, 1.54) is 0 Å². The first kappa shape index (κ1) is 15.1. The number of amides is 1. The van der Waals surface area contributed by atoms with Gasteiger partial charge in [0.25, 0.3) is 0 Å². The number of hydrogen-bond acceptors (Lipinski definition) is 3. The fraction of sp³-hybridized carbons (Fsp3) is 0.462. The fourth-order valence-corrected chi connectivity index (χ4v) is 1.80. The zero-order valence-corrected chi connectivity index (χ0v) is 12.3. The molecule has 100 valence electrons. The predicted molar refractivity (Wildman–Crippen MR) is 76.7 cm³/mol. The number of nitrogens with one attached hydrogen (secondary N) is 2. The Morgan fingerprint density at radius 3 is 2.83 bits per heavy atom. The molecule has 0 spiro atoms. The van der Waals surface area contributed by atoms with Gasteiger partial charge in [-0.3, -0.25) is 4.79 Å². The highest BCUT2D eigenvalue weighted by atomic mass is 79.9. The predicted octanol–water partition coefficient (Wildman–Crippen LogP) is 2.40. The van der Waals surface area contributed by atoms with Crippen molar-refractivity contribution in [1.82, 2.24) is 5.32 Å². The van der Waals surface area contributed by atoms with Crippen molar-refractivity contribution < 1.29 is 9.53 Å². The lowest BCUT2D eigenvalue weighted by atomic mass is 10.2. The average Bonchev–Trinajstić information content (AvgIpc) is 2.36. The SMILES string of the molecule is COCCC(C)NCC(=O)Nc1ccccc1Br. The van der Waals surface area contributed by atoms with Crippen molar-refractivity contribution in [2.45, 2.75) is 19.4 Å². The van der Waals surface area contributed by atoms with E-state index in [9.17, 15) is 4.79 Å². The summed E-state index contributed by atoms with van der Waals surface area (Å²) < 4.78 is 5.86. The molecule has 0 fully saturated rings. The van der Waals surface area contributed by atoms with Crippen LogP contribution in [0, 0.1) is 0 Å². The molecule has 1 aromatic rings. The van der Waals surface area contributed by atoms with Gasteiger partial charge in [-0.15, -0.1) is 0 Å². The van der Waals surface area contributed by atoms with Crippen LogP contribution in [0.15, 0.2) is 28.7 Å². The van der Waals surface area contributed by atoms with Gasteiger partial charge in [0.2, 0.25) is 5.91 Å². The van der Waals surface area contributed by atoms with Gasteiger partial charge in [0.1, 0.15) is 0 Å². The van der Waals surface area contributed by atoms with E-state index in [0.29, 0.717) is 13.2 Å². The number of halogens is 1. The molecule has 0 bridgehead atoms. The number of carbonyl (C=O) groups excluding carboxylic acids is 1. The lowest BCUT2D eigenvalue weighted by Gasteiger charge is -2.13. The first-order valence-corrected chi connectivity index (χ1v) is 6.69. The molecule has 0 radical (unpaired) electrons. The van der Waals surface area contributed by atoms with Crippen LogP contribution in [-0.4, -0.2) is 32.2 Å². The van der Waals surface area contributed by atoms with E-state index in [1.54, 1.807) is 7.11 Å². The number of ether oxygens (including phenoxy) is 1. The van der Waals surface area contributed by atoms with E-state index in [-0.39, 0.29) is 11.9 Å². The molecule has 0 aliphatic heterocycles. The van der Waals surface area contributed by atoms with Gasteiger partial charge in [-0.2, -0.15) is 0 Å². The molecule has 0 heterocycles. The maximum Gasteiger partial charge on any atom is 0.238 e. The third-order valence-electron chi connectivity index (χ3n) is 2.51. The van der Waals surface area contributed by atoms with E-state index in [1.807, 2.05) is 31.2 Å². The molecule has 4 nitrogen and oxygen atoms in total. The molecule has 1 aromatic carbocycles. The summed E-state index contributed by atoms with van der Waals surface area (Å²) in [6.07, 6.45) is 0.888. The summed E-state index contributed by atoms with van der Waals surface area (Å²) >= 11 is 3.39. The summed E-state index contributed by atoms with van der Waals surface area (Å²) in [7, 11) is 1.67. The molecule has 5 heteroatoms. The van der Waals surface area contributed by atoms with Crippen molar-refractivity contribution in [3.63, 3.8) is 0 Å². The second-order valence-electron chi connectivity index (χ2n) is 4.09. The molecule has 18 heavy (non-hydrogen) atoms. The van der Waals surface area contributed by atoms with Crippen molar-refractivity contribution >= 4 is 27.5 Å². The fourth-order valence-electron chi connectivity index (χ4n) is 1.42. The number of hydrogen-bond donors (Lipinski definition) is 2. The minimum atomic E-state index is -0.0498. The summed E-state index contributed by atoms with van der Waals surface area (Å²) in [4.78, 5) is 11.7. The number of methoxy groups -OCH3 is 1. The minimum Gasteiger partial charge on any atom is -0.385 e. The van der Waals surface area contributed by atoms with Crippen molar-refractivity contribution in [3.05, 3.63) is 28.7 Å². The number of anilines is 1. The summed E-state index contributed by atoms with van der Waals surface area (Å²) in [6, 6.07) is 7.80. The molecular weight excluding hydrogens is 296 g/mol. The molecule has 1 rings (SSSR count). The van der Waals surface area contributed by atoms with Crippen LogP contribution in [0.2, 0.25) is 0 Å². The number of para-hydroxylation sites is 1. The maximum atomic E-state index is 11.7. The van der Waals surface area contributed by atoms with E-state index < -0.39 is 0 Å². The Morgan fingerprint density at radius 1 is 1.44 bits per heavy atom. The highest BCUT2D eigenvalue weighted by Gasteiger charge is 2.07. The first-order valence-electron chi connectivity index (χ1n) is 5.90. The maximum absolute atomic E-state index is 11.7. The standard InChI is InChI=1S/C13H19BrN2O2/c1-10(7-8-18-2)15-9-13(17)16-12-6-4-3-5-11(12)14/h3-6,10,15H,7-9H2,1-2H3,(H,16,17). The molecule has 1 amide bonds. The molecule has 1 unspecified atom stereocenters. The van der Waals surface area contributed by atoms with E-state index >= 15 is 0 Å². The number of benzene rings is 1. The molecule has 0 aliphatic carbocycles. The molecule has 0 saturated carbocycles. The van der Waals surface area contributed by atoms with Crippen LogP contribution in [0.3, 0.4) is 0 Å². The largest absolute Gasteiger partial charge is 0.385 e. The topological polar surface area (TPSA) is 50.4 Å². The van der Waals surface area contributed by atoms with Crippen LogP contribution in [0.25, 0.3) is 0 Å². The van der Waals surface area contributed by atoms with Crippen LogP contribution >= 0.6 is 15.9 Å². The van der Waals surface area contributed by atoms with Gasteiger partial charge >= 0.3 is 0 Å². The van der Waals surface area contributed by atoms with Crippen LogP contribution < -0.4 is 10.6 Å². The van der Waals surface area contributed by atoms with Crippen LogP contribution in [0.5, 0.6) is 0 Å². The molecule has 0 aromatic heterocycles. The first-order chi connectivity index (χ1) is 8.63. The van der Waals surface area contributed by atoms with Gasteiger partial charge in [-0.1, -0.05) is 12.1 Å². The zero-order valence-electron chi connectivity index (χ0n) is 10.7. The van der Waals surface area contributed by atoms with Crippen molar-refractivity contribution in [3.8, 4) is 0 Å². The average molecular weight is 315 g/mol. The summed E-state index contributed by atoms with van der Waals surface area (Å²) in [5.41, 5.74) is 0.786. The Morgan fingerprint density at radius 2 is 2.17 bits per heavy atom. The highest BCUT2D eigenvalue weighted by Crippen LogP contribution is 2.20. The smallest absolute Gasteiger partial charge is 0.238 e. The van der Waals surface area contributed by atoms with Gasteiger partial charge in [0, 0.05) is 24.2 Å². The minimum absolute atomic E-state index is 0.0498. The normalized spacial score (nSPS) is 12.2. The Balaban J connectivity index is 2.32. The Bertz CT molecular complexity index is 385. The Hall–Kier alpha value is -0.910. The van der Waals surface area contributed by atoms with Crippen molar-refractivity contribution in [2.24, 2.45) is 0 Å². The second-order valence-corrected chi connectivity index (χ2v) is 4.95. The van der Waals surface area contributed by atoms with Gasteiger partial charge in [0.05, 0.1) is 12.2 Å². The lowest BCUT2D eigenvalue weighted by Crippen LogP contribution is -2.35. The van der Waals surface area contributed by atoms with Crippen LogP contribution in [-0.2, 0) is 9.53 Å². The number of carbonyl (C=O) groups is 1. The zero-order chi connectivity index (χ0) is 13.4. The quantitative estimate of drug-likeness (QED) is 0.812. The van der Waals surface area contributed by atoms with E-state index in [4.69, 9.17) is 4.74 Å². The van der Waals surface area contributed by atoms with Gasteiger partial charge in [-0.25, -0.2) is 0 Å². The third-order valence-corrected chi connectivity index (χ3v) is 3.21. The van der Waals surface area contributed by atoms with Crippen molar-refractivity contribution in [2.75, 3.05) is 25.6 Å². The van der Waals surface area contributed by atoms with E-state index in [2.05, 4.69) is 26.6 Å². The summed E-state index contributed by atoms with van der Waals surface area (Å²) in [5.74, 6) is -0.0498. The van der Waals surface area contributed by atoms with Gasteiger partial charge < -0.3 is 15.4 Å². The summed E-state index contributed by atoms with van der Waals surface area (Å²) in [5, 5.41) is 5.99. The molecule has 0 saturated heterocycles. The second kappa shape index (κ2) is 8.24. The summed E-state index contributed by atoms with van der Waals surface area (Å²) in [6.45, 7) is 3.02. The van der Waals surface area contributed by atoms with Crippen LogP contribution in [0.4, 0.5) is 5.69 Å². The molecule has 0 aliphatic rings. The van der Waals surface area contributed by atoms with Gasteiger partial charge in [-0.05, 0) is 41.4 Å².